The van der Waals surface area contributed by atoms with Crippen molar-refractivity contribution in [2.24, 2.45) is 0 Å². The third-order valence-electron chi connectivity index (χ3n) is 4.80. The lowest BCUT2D eigenvalue weighted by Crippen LogP contribution is -2.38. The second kappa shape index (κ2) is 7.63. The van der Waals surface area contributed by atoms with Crippen molar-refractivity contribution in [3.8, 4) is 5.69 Å². The summed E-state index contributed by atoms with van der Waals surface area (Å²) >= 11 is 1.75. The summed E-state index contributed by atoms with van der Waals surface area (Å²) in [6.45, 7) is 3.05. The zero-order chi connectivity index (χ0) is 18.8. The number of thioether (sulfide) groups is 1. The Bertz CT molecular complexity index is 850. The number of nitrogens with zero attached hydrogens (tertiary/aromatic N) is 4. The minimum absolute atomic E-state index is 0.0151. The van der Waals surface area contributed by atoms with Crippen LogP contribution in [0.1, 0.15) is 16.2 Å². The first-order chi connectivity index (χ1) is 12.4. The summed E-state index contributed by atoms with van der Waals surface area (Å²) < 4.78 is 1.65. The van der Waals surface area contributed by atoms with Gasteiger partial charge in [-0.25, -0.2) is 4.68 Å². The number of amides is 1. The van der Waals surface area contributed by atoms with Gasteiger partial charge in [-0.1, -0.05) is 18.2 Å². The quantitative estimate of drug-likeness (QED) is 0.817. The van der Waals surface area contributed by atoms with Crippen LogP contribution in [0.2, 0.25) is 0 Å². The van der Waals surface area contributed by atoms with E-state index in [1.165, 1.54) is 6.07 Å². The van der Waals surface area contributed by atoms with Gasteiger partial charge in [0, 0.05) is 36.1 Å². The number of para-hydroxylation sites is 1. The van der Waals surface area contributed by atoms with Crippen LogP contribution in [0.25, 0.3) is 5.69 Å². The molecule has 0 radical (unpaired) electrons. The molecule has 3 rings (SSSR count). The van der Waals surface area contributed by atoms with E-state index < -0.39 is 0 Å². The number of likely N-dealkylation sites (N-methyl/N-ethyl adjacent to an activating group) is 1. The molecule has 2 atom stereocenters. The minimum atomic E-state index is -0.325. The maximum Gasteiger partial charge on any atom is 0.278 e. The minimum Gasteiger partial charge on any atom is -0.334 e. The predicted octanol–water partition coefficient (Wildman–Crippen LogP) is 1.66. The fourth-order valence-corrected chi connectivity index (χ4v) is 4.30. The molecule has 0 bridgehead atoms. The van der Waals surface area contributed by atoms with Crippen LogP contribution < -0.4 is 5.43 Å². The SMILES string of the molecule is CS[C@@H]1CN(C(=O)c2nn(-c3ccccc3)c(C)cc2=O)C[C@@H]1N(C)C. The summed E-state index contributed by atoms with van der Waals surface area (Å²) in [7, 11) is 4.04. The topological polar surface area (TPSA) is 58.4 Å². The summed E-state index contributed by atoms with van der Waals surface area (Å²) in [6, 6.07) is 11.3. The molecule has 1 aromatic heterocycles. The lowest BCUT2D eigenvalue weighted by atomic mass is 10.2. The van der Waals surface area contributed by atoms with Gasteiger partial charge < -0.3 is 9.80 Å². The Kier molecular flexibility index (Phi) is 5.48. The van der Waals surface area contributed by atoms with Gasteiger partial charge >= 0.3 is 0 Å². The van der Waals surface area contributed by atoms with Gasteiger partial charge in [-0.3, -0.25) is 9.59 Å². The molecule has 1 amide bonds. The second-order valence-electron chi connectivity index (χ2n) is 6.76. The van der Waals surface area contributed by atoms with Crippen molar-refractivity contribution in [3.05, 3.63) is 58.0 Å². The van der Waals surface area contributed by atoms with Gasteiger partial charge in [-0.2, -0.15) is 16.9 Å². The first kappa shape index (κ1) is 18.7. The molecule has 1 aliphatic heterocycles. The Hall–Kier alpha value is -2.12. The normalized spacial score (nSPS) is 20.0. The Labute approximate surface area is 157 Å². The van der Waals surface area contributed by atoms with E-state index in [1.54, 1.807) is 21.3 Å². The van der Waals surface area contributed by atoms with Crippen LogP contribution in [-0.2, 0) is 0 Å². The van der Waals surface area contributed by atoms with Crippen LogP contribution in [0.3, 0.4) is 0 Å². The Morgan fingerprint density at radius 2 is 1.92 bits per heavy atom. The Morgan fingerprint density at radius 1 is 1.23 bits per heavy atom. The van der Waals surface area contributed by atoms with Crippen molar-refractivity contribution < 1.29 is 4.79 Å². The Balaban J connectivity index is 1.94. The maximum absolute atomic E-state index is 13.0. The van der Waals surface area contributed by atoms with Gasteiger partial charge in [-0.05, 0) is 39.4 Å². The number of aromatic nitrogens is 2. The molecule has 1 fully saturated rings. The molecule has 7 heteroatoms. The van der Waals surface area contributed by atoms with Gasteiger partial charge in [-0.15, -0.1) is 0 Å². The summed E-state index contributed by atoms with van der Waals surface area (Å²) in [6.07, 6.45) is 2.06. The van der Waals surface area contributed by atoms with Crippen LogP contribution in [0.4, 0.5) is 0 Å². The molecule has 0 saturated carbocycles. The summed E-state index contributed by atoms with van der Waals surface area (Å²) in [4.78, 5) is 29.4. The molecule has 0 aliphatic carbocycles. The van der Waals surface area contributed by atoms with Gasteiger partial charge in [0.25, 0.3) is 5.91 Å². The van der Waals surface area contributed by atoms with Crippen molar-refractivity contribution in [1.29, 1.82) is 0 Å². The summed E-state index contributed by atoms with van der Waals surface area (Å²) in [5, 5.41) is 4.73. The fraction of sp³-hybridized carbons (Fsp3) is 0.421. The molecule has 0 N–H and O–H groups in total. The monoisotopic (exact) mass is 372 g/mol. The van der Waals surface area contributed by atoms with E-state index in [9.17, 15) is 9.59 Å². The number of hydrogen-bond acceptors (Lipinski definition) is 5. The average Bonchev–Trinajstić information content (AvgIpc) is 3.07. The molecule has 138 valence electrons. The number of carbonyl (C=O) groups is 1. The summed E-state index contributed by atoms with van der Waals surface area (Å²) in [5.74, 6) is -0.289. The average molecular weight is 372 g/mol. The predicted molar refractivity (Wildman–Crippen MR) is 105 cm³/mol. The van der Waals surface area contributed by atoms with Crippen LogP contribution in [-0.4, -0.2) is 70.2 Å². The zero-order valence-electron chi connectivity index (χ0n) is 15.5. The van der Waals surface area contributed by atoms with Crippen LogP contribution in [0, 0.1) is 6.92 Å². The Morgan fingerprint density at radius 3 is 2.50 bits per heavy atom. The molecule has 1 aromatic carbocycles. The van der Waals surface area contributed by atoms with Crippen molar-refractivity contribution in [2.45, 2.75) is 18.2 Å². The smallest absolute Gasteiger partial charge is 0.278 e. The first-order valence-electron chi connectivity index (χ1n) is 8.57. The van der Waals surface area contributed by atoms with Crippen molar-refractivity contribution >= 4 is 17.7 Å². The van der Waals surface area contributed by atoms with Gasteiger partial charge in [0.15, 0.2) is 5.69 Å². The molecule has 0 spiro atoms. The number of likely N-dealkylation sites (tertiary alicyclic amines) is 1. The lowest BCUT2D eigenvalue weighted by Gasteiger charge is -2.23. The van der Waals surface area contributed by atoms with Crippen molar-refractivity contribution in [3.63, 3.8) is 0 Å². The highest BCUT2D eigenvalue weighted by atomic mass is 32.2. The number of hydrogen-bond donors (Lipinski definition) is 0. The lowest BCUT2D eigenvalue weighted by molar-refractivity contribution is 0.0774. The van der Waals surface area contributed by atoms with Gasteiger partial charge in [0.1, 0.15) is 0 Å². The standard InChI is InChI=1S/C19H24N4O2S/c1-13-10-16(24)18(20-23(13)14-8-6-5-7-9-14)19(25)22-11-15(21(2)3)17(12-22)26-4/h5-10,15,17H,11-12H2,1-4H3/t15-,17+/m0/s1. The number of carbonyl (C=O) groups excluding carboxylic acids is 1. The molecule has 1 saturated heterocycles. The maximum atomic E-state index is 13.0. The molecule has 2 aromatic rings. The zero-order valence-corrected chi connectivity index (χ0v) is 16.4. The number of aryl methyl sites for hydroxylation is 1. The van der Waals surface area contributed by atoms with E-state index in [0.29, 0.717) is 24.0 Å². The largest absolute Gasteiger partial charge is 0.334 e. The van der Waals surface area contributed by atoms with Gasteiger partial charge in [0.05, 0.1) is 5.69 Å². The molecule has 2 heterocycles. The van der Waals surface area contributed by atoms with Crippen LogP contribution in [0.5, 0.6) is 0 Å². The van der Waals surface area contributed by atoms with E-state index in [1.807, 2.05) is 51.4 Å². The second-order valence-corrected chi connectivity index (χ2v) is 7.84. The van der Waals surface area contributed by atoms with Crippen molar-refractivity contribution in [1.82, 2.24) is 19.6 Å². The molecule has 26 heavy (non-hydrogen) atoms. The molecular weight excluding hydrogens is 348 g/mol. The summed E-state index contributed by atoms with van der Waals surface area (Å²) in [5.41, 5.74) is 1.19. The van der Waals surface area contributed by atoms with Crippen molar-refractivity contribution in [2.75, 3.05) is 33.4 Å². The third kappa shape index (κ3) is 3.54. The van der Waals surface area contributed by atoms with E-state index in [0.717, 1.165) is 5.69 Å². The van der Waals surface area contributed by atoms with Crippen LogP contribution in [0.15, 0.2) is 41.2 Å². The van der Waals surface area contributed by atoms with E-state index in [-0.39, 0.29) is 23.1 Å². The highest BCUT2D eigenvalue weighted by Gasteiger charge is 2.37. The third-order valence-corrected chi connectivity index (χ3v) is 5.87. The first-order valence-corrected chi connectivity index (χ1v) is 9.86. The van der Waals surface area contributed by atoms with E-state index >= 15 is 0 Å². The molecule has 0 unspecified atom stereocenters. The fourth-order valence-electron chi connectivity index (χ4n) is 3.33. The molecule has 6 nitrogen and oxygen atoms in total. The molecule has 1 aliphatic rings. The highest BCUT2D eigenvalue weighted by Crippen LogP contribution is 2.24. The van der Waals surface area contributed by atoms with Gasteiger partial charge in [0.2, 0.25) is 5.43 Å². The van der Waals surface area contributed by atoms with E-state index in [4.69, 9.17) is 0 Å². The van der Waals surface area contributed by atoms with Crippen LogP contribution >= 0.6 is 11.8 Å². The highest BCUT2D eigenvalue weighted by molar-refractivity contribution is 7.99. The number of rotatable bonds is 4. The molecular formula is C19H24N4O2S. The van der Waals surface area contributed by atoms with E-state index in [2.05, 4.69) is 16.3 Å². The number of benzene rings is 1.